The van der Waals surface area contributed by atoms with Crippen LogP contribution in [-0.2, 0) is 19.2 Å². The van der Waals surface area contributed by atoms with Crippen LogP contribution in [0, 0.1) is 0 Å². The standard InChI is InChI=1S/C57H109N7O4/c1-3-5-7-9-11-13-15-17-19-21-23-25-27-29-31-41-55(66)61-52(38-35-43-58)54(65)40-33-34-46-63-48-50-64(51-49-63)47-37-45-60-57(68)53(39-36-44-59)62-56(67)42-32-30-28-26-24-22-20-18-16-14-12-10-8-6-4-2/h17-20,52-53H,3-16,21-51,58-59H2,1-2H3,(H,60,68)(H,61,66)(H,62,67)/b19-17-,20-18-/t52-,53-/m0/s1. The highest BCUT2D eigenvalue weighted by atomic mass is 16.2. The molecule has 0 aromatic carbocycles. The van der Waals surface area contributed by atoms with Gasteiger partial charge in [0.05, 0.1) is 6.04 Å². The van der Waals surface area contributed by atoms with E-state index in [0.29, 0.717) is 58.2 Å². The van der Waals surface area contributed by atoms with Crippen LogP contribution in [0.5, 0.6) is 0 Å². The molecule has 396 valence electrons. The number of allylic oxidation sites excluding steroid dienone is 4. The van der Waals surface area contributed by atoms with Crippen LogP contribution in [0.25, 0.3) is 0 Å². The number of nitrogens with one attached hydrogen (secondary N) is 3. The van der Waals surface area contributed by atoms with Crippen molar-refractivity contribution < 1.29 is 19.2 Å². The second kappa shape index (κ2) is 48.0. The average molecular weight is 957 g/mol. The number of unbranched alkanes of at least 4 members (excludes halogenated alkanes) is 23. The topological polar surface area (TPSA) is 163 Å². The lowest BCUT2D eigenvalue weighted by Gasteiger charge is -2.34. The molecule has 1 aliphatic rings. The molecule has 1 heterocycles. The number of carbonyl (C=O) groups is 4. The predicted octanol–water partition coefficient (Wildman–Crippen LogP) is 11.4. The summed E-state index contributed by atoms with van der Waals surface area (Å²) in [4.78, 5) is 56.7. The van der Waals surface area contributed by atoms with Crippen molar-refractivity contribution in [1.29, 1.82) is 0 Å². The van der Waals surface area contributed by atoms with E-state index < -0.39 is 12.1 Å². The molecule has 0 aromatic heterocycles. The van der Waals surface area contributed by atoms with Gasteiger partial charge in [0.2, 0.25) is 17.7 Å². The van der Waals surface area contributed by atoms with Crippen LogP contribution in [0.3, 0.4) is 0 Å². The smallest absolute Gasteiger partial charge is 0.242 e. The second-order valence-corrected chi connectivity index (χ2v) is 20.0. The number of carbonyl (C=O) groups excluding carboxylic acids is 4. The molecule has 0 radical (unpaired) electrons. The van der Waals surface area contributed by atoms with Crippen LogP contribution in [0.2, 0.25) is 0 Å². The zero-order chi connectivity index (χ0) is 49.4. The highest BCUT2D eigenvalue weighted by Crippen LogP contribution is 2.14. The van der Waals surface area contributed by atoms with Gasteiger partial charge in [0, 0.05) is 52.0 Å². The Morgan fingerprint density at radius 2 is 0.809 bits per heavy atom. The van der Waals surface area contributed by atoms with Gasteiger partial charge in [-0.05, 0) is 135 Å². The molecule has 11 nitrogen and oxygen atoms in total. The fraction of sp³-hybridized carbons (Fsp3) is 0.860. The molecule has 0 spiro atoms. The van der Waals surface area contributed by atoms with Gasteiger partial charge < -0.3 is 37.2 Å². The van der Waals surface area contributed by atoms with Crippen molar-refractivity contribution in [3.8, 4) is 0 Å². The maximum atomic E-state index is 13.2. The van der Waals surface area contributed by atoms with E-state index in [1.54, 1.807) is 0 Å². The Kier molecular flexibility index (Phi) is 44.8. The zero-order valence-electron chi connectivity index (χ0n) is 44.5. The van der Waals surface area contributed by atoms with Crippen molar-refractivity contribution in [2.75, 3.05) is 58.9 Å². The molecule has 0 aromatic rings. The van der Waals surface area contributed by atoms with E-state index >= 15 is 0 Å². The molecular formula is C57H109N7O4. The van der Waals surface area contributed by atoms with Gasteiger partial charge in [0.1, 0.15) is 6.04 Å². The van der Waals surface area contributed by atoms with Crippen molar-refractivity contribution in [3.63, 3.8) is 0 Å². The van der Waals surface area contributed by atoms with Gasteiger partial charge >= 0.3 is 0 Å². The number of nitrogens with two attached hydrogens (primary N) is 2. The van der Waals surface area contributed by atoms with E-state index in [4.69, 9.17) is 11.5 Å². The predicted molar refractivity (Wildman–Crippen MR) is 289 cm³/mol. The number of piperazine rings is 1. The van der Waals surface area contributed by atoms with E-state index in [0.717, 1.165) is 116 Å². The van der Waals surface area contributed by atoms with Crippen LogP contribution >= 0.6 is 0 Å². The van der Waals surface area contributed by atoms with Crippen molar-refractivity contribution in [2.24, 2.45) is 11.5 Å². The number of hydrogen-bond acceptors (Lipinski definition) is 8. The number of nitrogens with zero attached hydrogens (tertiary/aromatic N) is 2. The van der Waals surface area contributed by atoms with Gasteiger partial charge in [0.15, 0.2) is 5.78 Å². The lowest BCUT2D eigenvalue weighted by atomic mass is 10.0. The molecule has 1 rings (SSSR count). The summed E-state index contributed by atoms with van der Waals surface area (Å²) in [5.74, 6) is -0.0244. The van der Waals surface area contributed by atoms with Crippen molar-refractivity contribution >= 4 is 23.5 Å². The molecule has 3 amide bonds. The molecule has 0 saturated carbocycles. The minimum absolute atomic E-state index is 0.00647. The van der Waals surface area contributed by atoms with Crippen molar-refractivity contribution in [1.82, 2.24) is 25.8 Å². The molecule has 1 saturated heterocycles. The van der Waals surface area contributed by atoms with Crippen LogP contribution < -0.4 is 27.4 Å². The summed E-state index contributed by atoms with van der Waals surface area (Å²) in [6.07, 6.45) is 47.9. The van der Waals surface area contributed by atoms with Gasteiger partial charge in [-0.3, -0.25) is 19.2 Å². The first-order chi connectivity index (χ1) is 33.3. The minimum atomic E-state index is -0.532. The van der Waals surface area contributed by atoms with Crippen LogP contribution in [0.1, 0.15) is 245 Å². The fourth-order valence-corrected chi connectivity index (χ4v) is 9.15. The van der Waals surface area contributed by atoms with Gasteiger partial charge in [-0.25, -0.2) is 0 Å². The van der Waals surface area contributed by atoms with Gasteiger partial charge in [-0.2, -0.15) is 0 Å². The Labute approximate surface area is 418 Å². The van der Waals surface area contributed by atoms with E-state index in [1.165, 1.54) is 116 Å². The third kappa shape index (κ3) is 39.2. The number of rotatable bonds is 49. The van der Waals surface area contributed by atoms with Crippen LogP contribution in [0.4, 0.5) is 0 Å². The Morgan fingerprint density at radius 1 is 0.441 bits per heavy atom. The van der Waals surface area contributed by atoms with Crippen LogP contribution in [-0.4, -0.2) is 104 Å². The lowest BCUT2D eigenvalue weighted by Crippen LogP contribution is -2.48. The average Bonchev–Trinajstić information content (AvgIpc) is 3.34. The molecular weight excluding hydrogens is 847 g/mol. The monoisotopic (exact) mass is 956 g/mol. The molecule has 2 atom stereocenters. The van der Waals surface area contributed by atoms with E-state index in [9.17, 15) is 19.2 Å². The highest BCUT2D eigenvalue weighted by Gasteiger charge is 2.22. The maximum Gasteiger partial charge on any atom is 0.242 e. The first-order valence-corrected chi connectivity index (χ1v) is 28.9. The minimum Gasteiger partial charge on any atom is -0.354 e. The lowest BCUT2D eigenvalue weighted by molar-refractivity contribution is -0.129. The number of ketones is 1. The summed E-state index contributed by atoms with van der Waals surface area (Å²) in [5.41, 5.74) is 11.5. The van der Waals surface area contributed by atoms with E-state index in [2.05, 4.69) is 63.9 Å². The first kappa shape index (κ1) is 63.4. The molecule has 0 bridgehead atoms. The quantitative estimate of drug-likeness (QED) is 0.0297. The Bertz CT molecular complexity index is 1160. The van der Waals surface area contributed by atoms with Gasteiger partial charge in [0.25, 0.3) is 0 Å². The van der Waals surface area contributed by atoms with Crippen LogP contribution in [0.15, 0.2) is 24.3 Å². The SMILES string of the molecule is CCCCCCCC/C=C\CCCCCCCC(=O)N[C@@H](CCCN)C(=O)CCCCN1CCN(CCCNC(=O)[C@H](CCCN)NC(=O)CCCCCCC/C=C\CCCCCCCC)CC1. The molecule has 1 fully saturated rings. The normalized spacial score (nSPS) is 14.5. The van der Waals surface area contributed by atoms with Gasteiger partial charge in [-0.1, -0.05) is 141 Å². The molecule has 1 aliphatic heterocycles. The van der Waals surface area contributed by atoms with Crippen molar-refractivity contribution in [2.45, 2.75) is 257 Å². The number of amides is 3. The van der Waals surface area contributed by atoms with E-state index in [-0.39, 0.29) is 23.5 Å². The third-order valence-electron chi connectivity index (χ3n) is 13.7. The van der Waals surface area contributed by atoms with Crippen molar-refractivity contribution in [3.05, 3.63) is 24.3 Å². The largest absolute Gasteiger partial charge is 0.354 e. The Balaban J connectivity index is 2.17. The number of hydrogen-bond donors (Lipinski definition) is 5. The molecule has 7 N–H and O–H groups in total. The third-order valence-corrected chi connectivity index (χ3v) is 13.7. The zero-order valence-corrected chi connectivity index (χ0v) is 44.5. The summed E-state index contributed by atoms with van der Waals surface area (Å²) in [7, 11) is 0. The summed E-state index contributed by atoms with van der Waals surface area (Å²) in [6, 6.07) is -0.958. The highest BCUT2D eigenvalue weighted by molar-refractivity contribution is 5.89. The second-order valence-electron chi connectivity index (χ2n) is 20.0. The first-order valence-electron chi connectivity index (χ1n) is 28.9. The van der Waals surface area contributed by atoms with Gasteiger partial charge in [-0.15, -0.1) is 0 Å². The molecule has 68 heavy (non-hydrogen) atoms. The van der Waals surface area contributed by atoms with E-state index in [1.807, 2.05) is 0 Å². The molecule has 0 aliphatic carbocycles. The summed E-state index contributed by atoms with van der Waals surface area (Å²) in [5, 5.41) is 9.12. The maximum absolute atomic E-state index is 13.2. The molecule has 0 unspecified atom stereocenters. The Hall–Kier alpha value is -2.60. The summed E-state index contributed by atoms with van der Waals surface area (Å²) < 4.78 is 0. The summed E-state index contributed by atoms with van der Waals surface area (Å²) in [6.45, 7) is 12.0. The Morgan fingerprint density at radius 3 is 1.25 bits per heavy atom. The summed E-state index contributed by atoms with van der Waals surface area (Å²) >= 11 is 0. The fourth-order valence-electron chi connectivity index (χ4n) is 9.15. The number of Topliss-reactive ketones (excluding diaryl/α,β-unsaturated/α-hetero) is 1. The molecule has 11 heteroatoms.